The third-order valence-corrected chi connectivity index (χ3v) is 1.97. The molecule has 0 fully saturated rings. The minimum Gasteiger partial charge on any atom is -0.387 e. The van der Waals surface area contributed by atoms with Crippen molar-refractivity contribution in [2.24, 2.45) is 0 Å². The maximum absolute atomic E-state index is 9.25. The number of aliphatic hydroxyl groups excluding tert-OH is 1. The second-order valence-electron chi connectivity index (χ2n) is 3.18. The van der Waals surface area contributed by atoms with Crippen LogP contribution in [0.4, 0.5) is 5.69 Å². The molecule has 1 rings (SSSR count). The van der Waals surface area contributed by atoms with Crippen molar-refractivity contribution in [3.8, 4) is 12.3 Å². The lowest BCUT2D eigenvalue weighted by Crippen LogP contribution is -2.17. The molecule has 0 aromatic carbocycles. The van der Waals surface area contributed by atoms with Gasteiger partial charge < -0.3 is 10.0 Å². The number of pyridine rings is 1. The number of rotatable bonds is 3. The summed E-state index contributed by atoms with van der Waals surface area (Å²) < 4.78 is 0. The van der Waals surface area contributed by atoms with Crippen LogP contribution >= 0.6 is 0 Å². The van der Waals surface area contributed by atoms with E-state index in [4.69, 9.17) is 6.42 Å². The smallest absolute Gasteiger partial charge is 0.0931 e. The van der Waals surface area contributed by atoms with Crippen LogP contribution in [0, 0.1) is 12.3 Å². The molecule has 0 aliphatic rings. The van der Waals surface area contributed by atoms with E-state index in [9.17, 15) is 5.11 Å². The van der Waals surface area contributed by atoms with Gasteiger partial charge in [-0.15, -0.1) is 6.42 Å². The van der Waals surface area contributed by atoms with Gasteiger partial charge in [-0.05, 0) is 19.1 Å². The molecule has 74 valence electrons. The highest BCUT2D eigenvalue weighted by Crippen LogP contribution is 2.14. The molecule has 1 heterocycles. The van der Waals surface area contributed by atoms with Gasteiger partial charge in [0, 0.05) is 7.05 Å². The number of aliphatic hydroxyl groups is 1. The number of nitrogens with zero attached hydrogens (tertiary/aromatic N) is 2. The van der Waals surface area contributed by atoms with Gasteiger partial charge in [0.05, 0.1) is 30.2 Å². The predicted octanol–water partition coefficient (Wildman–Crippen LogP) is 1.20. The summed E-state index contributed by atoms with van der Waals surface area (Å²) in [5.41, 5.74) is 1.62. The highest BCUT2D eigenvalue weighted by molar-refractivity contribution is 5.44. The fraction of sp³-hybridized carbons (Fsp3) is 0.364. The SMILES string of the molecule is C#CCN(C)c1ccc([C@@H](C)O)nc1. The topological polar surface area (TPSA) is 36.4 Å². The first-order valence-electron chi connectivity index (χ1n) is 4.43. The van der Waals surface area contributed by atoms with Crippen molar-refractivity contribution in [1.29, 1.82) is 0 Å². The molecule has 0 spiro atoms. The van der Waals surface area contributed by atoms with Crippen LogP contribution in [0.1, 0.15) is 18.7 Å². The minimum absolute atomic E-state index is 0.526. The van der Waals surface area contributed by atoms with Crippen LogP contribution in [0.3, 0.4) is 0 Å². The predicted molar refractivity (Wildman–Crippen MR) is 57.0 cm³/mol. The van der Waals surface area contributed by atoms with Gasteiger partial charge in [-0.2, -0.15) is 0 Å². The Balaban J connectivity index is 2.78. The molecule has 1 aromatic rings. The van der Waals surface area contributed by atoms with Crippen LogP contribution in [0.15, 0.2) is 18.3 Å². The van der Waals surface area contributed by atoms with E-state index in [0.717, 1.165) is 5.69 Å². The van der Waals surface area contributed by atoms with Crippen molar-refractivity contribution in [3.63, 3.8) is 0 Å². The van der Waals surface area contributed by atoms with Gasteiger partial charge in [-0.1, -0.05) is 5.92 Å². The molecule has 1 aromatic heterocycles. The molecule has 0 aliphatic heterocycles. The normalized spacial score (nSPS) is 11.9. The molecule has 0 saturated carbocycles. The van der Waals surface area contributed by atoms with Gasteiger partial charge >= 0.3 is 0 Å². The van der Waals surface area contributed by atoms with Crippen molar-refractivity contribution in [1.82, 2.24) is 4.98 Å². The molecule has 0 bridgehead atoms. The van der Waals surface area contributed by atoms with E-state index in [1.807, 2.05) is 18.0 Å². The van der Waals surface area contributed by atoms with Crippen molar-refractivity contribution in [2.45, 2.75) is 13.0 Å². The third kappa shape index (κ3) is 2.48. The van der Waals surface area contributed by atoms with Crippen LogP contribution in [0.5, 0.6) is 0 Å². The van der Waals surface area contributed by atoms with Crippen molar-refractivity contribution >= 4 is 5.69 Å². The number of hydrogen-bond acceptors (Lipinski definition) is 3. The molecule has 1 atom stereocenters. The van der Waals surface area contributed by atoms with E-state index in [1.54, 1.807) is 19.2 Å². The van der Waals surface area contributed by atoms with Crippen LogP contribution in [-0.4, -0.2) is 23.7 Å². The average molecular weight is 190 g/mol. The largest absolute Gasteiger partial charge is 0.387 e. The Kier molecular flexibility index (Phi) is 3.49. The van der Waals surface area contributed by atoms with E-state index in [1.165, 1.54) is 0 Å². The highest BCUT2D eigenvalue weighted by Gasteiger charge is 2.03. The van der Waals surface area contributed by atoms with Gasteiger partial charge in [-0.25, -0.2) is 0 Å². The van der Waals surface area contributed by atoms with Gasteiger partial charge in [0.15, 0.2) is 0 Å². The monoisotopic (exact) mass is 190 g/mol. The number of terminal acetylenes is 1. The van der Waals surface area contributed by atoms with E-state index in [0.29, 0.717) is 12.2 Å². The van der Waals surface area contributed by atoms with E-state index < -0.39 is 6.10 Å². The maximum Gasteiger partial charge on any atom is 0.0931 e. The third-order valence-electron chi connectivity index (χ3n) is 1.97. The summed E-state index contributed by atoms with van der Waals surface area (Å²) in [4.78, 5) is 6.04. The first-order chi connectivity index (χ1) is 6.65. The fourth-order valence-corrected chi connectivity index (χ4v) is 1.10. The fourth-order valence-electron chi connectivity index (χ4n) is 1.10. The quantitative estimate of drug-likeness (QED) is 0.728. The first kappa shape index (κ1) is 10.6. The molecule has 0 amide bonds. The van der Waals surface area contributed by atoms with Crippen molar-refractivity contribution in [2.75, 3.05) is 18.5 Å². The van der Waals surface area contributed by atoms with Crippen LogP contribution in [0.25, 0.3) is 0 Å². The number of aromatic nitrogens is 1. The molecule has 1 N–H and O–H groups in total. The maximum atomic E-state index is 9.25. The summed E-state index contributed by atoms with van der Waals surface area (Å²) in [5.74, 6) is 2.55. The second-order valence-corrected chi connectivity index (χ2v) is 3.18. The van der Waals surface area contributed by atoms with Crippen LogP contribution in [0.2, 0.25) is 0 Å². The molecular formula is C11H14N2O. The summed E-state index contributed by atoms with van der Waals surface area (Å²) in [6.07, 6.45) is 6.37. The number of anilines is 1. The van der Waals surface area contributed by atoms with Gasteiger partial charge in [0.2, 0.25) is 0 Å². The summed E-state index contributed by atoms with van der Waals surface area (Å²) >= 11 is 0. The second kappa shape index (κ2) is 4.64. The van der Waals surface area contributed by atoms with Crippen molar-refractivity contribution < 1.29 is 5.11 Å². The Morgan fingerprint density at radius 2 is 2.36 bits per heavy atom. The molecular weight excluding hydrogens is 176 g/mol. The zero-order valence-electron chi connectivity index (χ0n) is 8.44. The summed E-state index contributed by atoms with van der Waals surface area (Å²) in [5, 5.41) is 9.25. The van der Waals surface area contributed by atoms with Crippen molar-refractivity contribution in [3.05, 3.63) is 24.0 Å². The Morgan fingerprint density at radius 1 is 1.64 bits per heavy atom. The number of hydrogen-bond donors (Lipinski definition) is 1. The zero-order valence-corrected chi connectivity index (χ0v) is 8.44. The standard InChI is InChI=1S/C11H14N2O/c1-4-7-13(3)10-5-6-11(9(2)14)12-8-10/h1,5-6,8-9,14H,7H2,2-3H3/t9-/m1/s1. The summed E-state index contributed by atoms with van der Waals surface area (Å²) in [6, 6.07) is 3.69. The van der Waals surface area contributed by atoms with E-state index in [-0.39, 0.29) is 0 Å². The Labute approximate surface area is 84.4 Å². The average Bonchev–Trinajstić information content (AvgIpc) is 2.18. The zero-order chi connectivity index (χ0) is 10.6. The highest BCUT2D eigenvalue weighted by atomic mass is 16.3. The van der Waals surface area contributed by atoms with Gasteiger partial charge in [0.1, 0.15) is 0 Å². The van der Waals surface area contributed by atoms with Crippen LogP contribution in [-0.2, 0) is 0 Å². The lowest BCUT2D eigenvalue weighted by molar-refractivity contribution is 0.194. The Hall–Kier alpha value is -1.53. The molecule has 0 aliphatic carbocycles. The lowest BCUT2D eigenvalue weighted by atomic mass is 10.2. The molecule has 0 radical (unpaired) electrons. The van der Waals surface area contributed by atoms with E-state index >= 15 is 0 Å². The summed E-state index contributed by atoms with van der Waals surface area (Å²) in [6.45, 7) is 2.24. The molecule has 3 nitrogen and oxygen atoms in total. The minimum atomic E-state index is -0.526. The van der Waals surface area contributed by atoms with E-state index in [2.05, 4.69) is 10.9 Å². The first-order valence-corrected chi connectivity index (χ1v) is 4.43. The van der Waals surface area contributed by atoms with Gasteiger partial charge in [0.25, 0.3) is 0 Å². The molecule has 14 heavy (non-hydrogen) atoms. The Morgan fingerprint density at radius 3 is 2.79 bits per heavy atom. The lowest BCUT2D eigenvalue weighted by Gasteiger charge is -2.15. The van der Waals surface area contributed by atoms with Crippen LogP contribution < -0.4 is 4.90 Å². The Bertz CT molecular complexity index is 324. The molecule has 3 heteroatoms. The van der Waals surface area contributed by atoms with Gasteiger partial charge in [-0.3, -0.25) is 4.98 Å². The molecule has 0 unspecified atom stereocenters. The molecule has 0 saturated heterocycles. The summed E-state index contributed by atoms with van der Waals surface area (Å²) in [7, 11) is 1.90.